The monoisotopic (exact) mass is 386 g/mol. The molecule has 1 saturated heterocycles. The zero-order valence-electron chi connectivity index (χ0n) is 16.8. The van der Waals surface area contributed by atoms with Gasteiger partial charge in [-0.3, -0.25) is 9.69 Å². The molecular formula is C21H30N4O3. The maximum absolute atomic E-state index is 13.0. The molecule has 0 unspecified atom stereocenters. The number of hydrogen-bond acceptors (Lipinski definition) is 5. The Bertz CT molecular complexity index is 747. The Morgan fingerprint density at radius 1 is 1.21 bits per heavy atom. The van der Waals surface area contributed by atoms with E-state index in [0.717, 1.165) is 56.6 Å². The van der Waals surface area contributed by atoms with Crippen LogP contribution in [0.4, 0.5) is 10.5 Å². The van der Waals surface area contributed by atoms with E-state index in [2.05, 4.69) is 23.2 Å². The molecule has 2 heterocycles. The molecule has 28 heavy (non-hydrogen) atoms. The first-order valence-electron chi connectivity index (χ1n) is 10.4. The number of likely N-dealkylation sites (N-methyl/N-ethyl adjacent to an activating group) is 2. The average Bonchev–Trinajstić information content (AvgIpc) is 2.91. The van der Waals surface area contributed by atoms with Crippen LogP contribution in [0.1, 0.15) is 39.0 Å². The maximum atomic E-state index is 13.0. The van der Waals surface area contributed by atoms with Gasteiger partial charge in [-0.1, -0.05) is 31.4 Å². The molecule has 7 heteroatoms. The van der Waals surface area contributed by atoms with E-state index in [1.807, 2.05) is 30.1 Å². The number of ether oxygens (including phenoxy) is 1. The normalized spacial score (nSPS) is 23.8. The van der Waals surface area contributed by atoms with Gasteiger partial charge in [0.2, 0.25) is 0 Å². The molecule has 1 saturated carbocycles. The van der Waals surface area contributed by atoms with Gasteiger partial charge in [0.15, 0.2) is 0 Å². The number of nitrogens with zero attached hydrogens (tertiary/aromatic N) is 3. The maximum Gasteiger partial charge on any atom is 0.326 e. The van der Waals surface area contributed by atoms with Gasteiger partial charge in [-0.25, -0.2) is 9.69 Å². The number of fused-ring (bicyclic) bond motifs is 1. The van der Waals surface area contributed by atoms with E-state index >= 15 is 0 Å². The summed E-state index contributed by atoms with van der Waals surface area (Å²) in [5, 5.41) is 2.98. The van der Waals surface area contributed by atoms with E-state index in [9.17, 15) is 9.59 Å². The lowest BCUT2D eigenvalue weighted by Gasteiger charge is -2.37. The van der Waals surface area contributed by atoms with Crippen LogP contribution in [0.5, 0.6) is 5.75 Å². The highest BCUT2D eigenvalue weighted by Gasteiger charge is 2.51. The zero-order valence-corrected chi connectivity index (χ0v) is 16.8. The number of anilines is 1. The first kappa shape index (κ1) is 19.1. The number of benzene rings is 1. The van der Waals surface area contributed by atoms with Crippen LogP contribution in [0.2, 0.25) is 0 Å². The van der Waals surface area contributed by atoms with Gasteiger partial charge in [0.25, 0.3) is 5.91 Å². The van der Waals surface area contributed by atoms with Crippen molar-refractivity contribution in [3.05, 3.63) is 24.3 Å². The van der Waals surface area contributed by atoms with Crippen molar-refractivity contribution in [2.45, 2.75) is 50.7 Å². The third-order valence-electron chi connectivity index (χ3n) is 6.16. The van der Waals surface area contributed by atoms with Gasteiger partial charge in [0.05, 0.1) is 18.9 Å². The number of para-hydroxylation sites is 2. The molecule has 7 nitrogen and oxygen atoms in total. The molecule has 1 aliphatic carbocycles. The minimum atomic E-state index is -0.657. The molecule has 1 N–H and O–H groups in total. The molecule has 0 aromatic heterocycles. The number of carbonyl (C=O) groups excluding carboxylic acids is 2. The minimum absolute atomic E-state index is 0.00995. The fourth-order valence-corrected chi connectivity index (χ4v) is 4.72. The van der Waals surface area contributed by atoms with E-state index in [1.54, 1.807) is 0 Å². The van der Waals surface area contributed by atoms with Gasteiger partial charge in [-0.2, -0.15) is 0 Å². The summed E-state index contributed by atoms with van der Waals surface area (Å²) in [5.74, 6) is 0.833. The van der Waals surface area contributed by atoms with Crippen molar-refractivity contribution in [2.24, 2.45) is 0 Å². The van der Waals surface area contributed by atoms with Gasteiger partial charge in [-0.15, -0.1) is 0 Å². The Labute approximate surface area is 166 Å². The SMILES string of the molecule is CCN1C[C@@H](CN(C)CN2C(=O)NC3(CCCCC3)C2=O)Oc2ccccc21. The fraction of sp³-hybridized carbons (Fsp3) is 0.619. The standard InChI is InChI=1S/C21H30N4O3/c1-3-24-14-16(28-18-10-6-5-9-17(18)24)13-23(2)15-25-19(26)21(22-20(25)27)11-7-4-8-12-21/h5-6,9-10,16H,3-4,7-8,11-15H2,1-2H3,(H,22,27)/t16-/m1/s1. The van der Waals surface area contributed by atoms with Crippen molar-refractivity contribution in [1.82, 2.24) is 15.1 Å². The van der Waals surface area contributed by atoms with Crippen molar-refractivity contribution < 1.29 is 14.3 Å². The molecule has 152 valence electrons. The van der Waals surface area contributed by atoms with E-state index in [4.69, 9.17) is 4.74 Å². The molecule has 2 fully saturated rings. The lowest BCUT2D eigenvalue weighted by Crippen LogP contribution is -2.50. The van der Waals surface area contributed by atoms with Crippen LogP contribution in [0.25, 0.3) is 0 Å². The van der Waals surface area contributed by atoms with Crippen LogP contribution in [0.15, 0.2) is 24.3 Å². The molecule has 1 spiro atoms. The molecule has 1 aromatic carbocycles. The molecule has 2 aliphatic heterocycles. The zero-order chi connectivity index (χ0) is 19.7. The summed E-state index contributed by atoms with van der Waals surface area (Å²) >= 11 is 0. The van der Waals surface area contributed by atoms with E-state index in [1.165, 1.54) is 4.90 Å². The summed E-state index contributed by atoms with van der Waals surface area (Å²) < 4.78 is 6.18. The number of carbonyl (C=O) groups is 2. The van der Waals surface area contributed by atoms with Crippen molar-refractivity contribution in [2.75, 3.05) is 38.3 Å². The van der Waals surface area contributed by atoms with Gasteiger partial charge in [0, 0.05) is 13.1 Å². The Kier molecular flexibility index (Phi) is 5.19. The van der Waals surface area contributed by atoms with Crippen molar-refractivity contribution in [3.8, 4) is 5.75 Å². The highest BCUT2D eigenvalue weighted by molar-refractivity contribution is 6.07. The number of urea groups is 1. The first-order valence-corrected chi connectivity index (χ1v) is 10.4. The quantitative estimate of drug-likeness (QED) is 0.788. The molecular weight excluding hydrogens is 356 g/mol. The van der Waals surface area contributed by atoms with Crippen LogP contribution in [-0.4, -0.2) is 66.7 Å². The highest BCUT2D eigenvalue weighted by Crippen LogP contribution is 2.34. The van der Waals surface area contributed by atoms with E-state index in [0.29, 0.717) is 13.2 Å². The number of amides is 3. The number of rotatable bonds is 5. The molecule has 1 atom stereocenters. The second-order valence-electron chi connectivity index (χ2n) is 8.23. The molecule has 4 rings (SSSR count). The van der Waals surface area contributed by atoms with Crippen LogP contribution in [0, 0.1) is 0 Å². The van der Waals surface area contributed by atoms with Crippen LogP contribution < -0.4 is 15.0 Å². The molecule has 1 aromatic rings. The number of nitrogens with one attached hydrogen (secondary N) is 1. The summed E-state index contributed by atoms with van der Waals surface area (Å²) in [7, 11) is 1.94. The predicted molar refractivity (Wildman–Crippen MR) is 107 cm³/mol. The van der Waals surface area contributed by atoms with Crippen molar-refractivity contribution in [1.29, 1.82) is 0 Å². The summed E-state index contributed by atoms with van der Waals surface area (Å²) in [6, 6.07) is 7.82. The van der Waals surface area contributed by atoms with Gasteiger partial charge in [-0.05, 0) is 38.9 Å². The second-order valence-corrected chi connectivity index (χ2v) is 8.23. The molecule has 0 bridgehead atoms. The molecule has 3 amide bonds. The summed E-state index contributed by atoms with van der Waals surface area (Å²) in [6.45, 7) is 4.78. The first-order chi connectivity index (χ1) is 13.5. The molecule has 0 radical (unpaired) electrons. The third-order valence-corrected chi connectivity index (χ3v) is 6.16. The predicted octanol–water partition coefficient (Wildman–Crippen LogP) is 2.42. The van der Waals surface area contributed by atoms with Crippen molar-refractivity contribution in [3.63, 3.8) is 0 Å². The topological polar surface area (TPSA) is 65.1 Å². The Morgan fingerprint density at radius 3 is 2.71 bits per heavy atom. The summed E-state index contributed by atoms with van der Waals surface area (Å²) in [6.07, 6.45) is 4.64. The third kappa shape index (κ3) is 3.43. The fourth-order valence-electron chi connectivity index (χ4n) is 4.72. The van der Waals surface area contributed by atoms with E-state index < -0.39 is 5.54 Å². The molecule has 3 aliphatic rings. The number of imide groups is 1. The van der Waals surface area contributed by atoms with Crippen LogP contribution >= 0.6 is 0 Å². The van der Waals surface area contributed by atoms with Gasteiger partial charge >= 0.3 is 6.03 Å². The average molecular weight is 386 g/mol. The van der Waals surface area contributed by atoms with Crippen LogP contribution in [0.3, 0.4) is 0 Å². The van der Waals surface area contributed by atoms with Gasteiger partial charge in [0.1, 0.15) is 17.4 Å². The highest BCUT2D eigenvalue weighted by atomic mass is 16.5. The summed E-state index contributed by atoms with van der Waals surface area (Å²) in [5.41, 5.74) is 0.465. The van der Waals surface area contributed by atoms with Crippen LogP contribution in [-0.2, 0) is 4.79 Å². The second kappa shape index (κ2) is 7.62. The lowest BCUT2D eigenvalue weighted by atomic mass is 9.82. The van der Waals surface area contributed by atoms with Gasteiger partial charge < -0.3 is 15.0 Å². The smallest absolute Gasteiger partial charge is 0.326 e. The van der Waals surface area contributed by atoms with E-state index in [-0.39, 0.29) is 18.0 Å². The lowest BCUT2D eigenvalue weighted by molar-refractivity contribution is -0.133. The van der Waals surface area contributed by atoms with Crippen molar-refractivity contribution >= 4 is 17.6 Å². The Balaban J connectivity index is 1.39. The Hall–Kier alpha value is -2.28. The summed E-state index contributed by atoms with van der Waals surface area (Å²) in [4.78, 5) is 31.1. The number of hydrogen-bond donors (Lipinski definition) is 1. The largest absolute Gasteiger partial charge is 0.485 e. The minimum Gasteiger partial charge on any atom is -0.485 e. The Morgan fingerprint density at radius 2 is 1.96 bits per heavy atom.